The number of halogens is 1. The molecule has 3 amide bonds. The van der Waals surface area contributed by atoms with Crippen molar-refractivity contribution in [2.24, 2.45) is 5.92 Å². The Morgan fingerprint density at radius 2 is 1.59 bits per heavy atom. The zero-order valence-electron chi connectivity index (χ0n) is 20.7. The van der Waals surface area contributed by atoms with E-state index in [1.54, 1.807) is 17.0 Å². The second-order valence-corrected chi connectivity index (χ2v) is 10.2. The second-order valence-electron chi connectivity index (χ2n) is 9.79. The van der Waals surface area contributed by atoms with Crippen molar-refractivity contribution >= 4 is 29.5 Å². The summed E-state index contributed by atoms with van der Waals surface area (Å²) in [7, 11) is 0. The van der Waals surface area contributed by atoms with Crippen molar-refractivity contribution in [3.8, 4) is 0 Å². The third-order valence-electron chi connectivity index (χ3n) is 7.47. The summed E-state index contributed by atoms with van der Waals surface area (Å²) in [6.07, 6.45) is 3.04. The summed E-state index contributed by atoms with van der Waals surface area (Å²) in [4.78, 5) is 45.6. The number of rotatable bonds is 6. The van der Waals surface area contributed by atoms with Crippen LogP contribution in [0.15, 0.2) is 72.8 Å². The minimum Gasteiger partial charge on any atom is -0.310 e. The summed E-state index contributed by atoms with van der Waals surface area (Å²) in [5.74, 6) is -0.658. The van der Waals surface area contributed by atoms with Crippen LogP contribution in [0.2, 0.25) is 5.02 Å². The average Bonchev–Trinajstić information content (AvgIpc) is 3.17. The third-order valence-corrected chi connectivity index (χ3v) is 7.72. The van der Waals surface area contributed by atoms with Crippen LogP contribution in [-0.2, 0) is 11.3 Å². The first-order chi connectivity index (χ1) is 17.9. The van der Waals surface area contributed by atoms with Crippen LogP contribution < -0.4 is 0 Å². The Morgan fingerprint density at radius 1 is 0.919 bits per heavy atom. The number of amides is 3. The number of hydrogen-bond acceptors (Lipinski definition) is 4. The lowest BCUT2D eigenvalue weighted by molar-refractivity contribution is -0.0595. The van der Waals surface area contributed by atoms with Crippen molar-refractivity contribution in [1.82, 2.24) is 9.96 Å². The van der Waals surface area contributed by atoms with Gasteiger partial charge >= 0.3 is 6.09 Å². The van der Waals surface area contributed by atoms with Crippen molar-refractivity contribution in [2.75, 3.05) is 13.1 Å². The Balaban J connectivity index is 1.17. The fourth-order valence-electron chi connectivity index (χ4n) is 5.08. The Kier molecular flexibility index (Phi) is 7.28. The number of aryl methyl sites for hydroxylation is 1. The first kappa shape index (κ1) is 25.0. The van der Waals surface area contributed by atoms with Gasteiger partial charge in [-0.3, -0.25) is 9.59 Å². The maximum absolute atomic E-state index is 13.0. The molecule has 1 atom stereocenters. The molecule has 37 heavy (non-hydrogen) atoms. The lowest BCUT2D eigenvalue weighted by atomic mass is 9.91. The van der Waals surface area contributed by atoms with E-state index in [1.165, 1.54) is 5.56 Å². The minimum absolute atomic E-state index is 0.0481. The molecule has 2 heterocycles. The van der Waals surface area contributed by atoms with E-state index < -0.39 is 17.9 Å². The molecule has 190 valence electrons. The summed E-state index contributed by atoms with van der Waals surface area (Å²) >= 11 is 5.96. The van der Waals surface area contributed by atoms with E-state index >= 15 is 0 Å². The predicted octanol–water partition coefficient (Wildman–Crippen LogP) is 6.48. The number of piperidine rings is 1. The molecule has 0 aromatic heterocycles. The number of carbonyl (C=O) groups is 3. The zero-order chi connectivity index (χ0) is 25.9. The van der Waals surface area contributed by atoms with Crippen molar-refractivity contribution in [3.05, 3.63) is 106 Å². The number of imide groups is 1. The van der Waals surface area contributed by atoms with Crippen LogP contribution in [0, 0.1) is 5.92 Å². The van der Waals surface area contributed by atoms with E-state index in [0.29, 0.717) is 24.1 Å². The summed E-state index contributed by atoms with van der Waals surface area (Å²) in [6, 6.07) is 23.1. The minimum atomic E-state index is -0.663. The standard InChI is InChI=1S/C30H29ClN2O4/c1-20(23-5-3-2-4-6-23)24-11-14-26-27(19-24)29(35)33(28(26)34)37-30(36)32-17-15-22(16-18-32)8-7-21-9-12-25(31)13-10-21/h2-6,9-14,19-20,22H,7-8,15-18H2,1H3. The average molecular weight is 517 g/mol. The smallest absolute Gasteiger partial charge is 0.310 e. The Hall–Kier alpha value is -3.64. The van der Waals surface area contributed by atoms with E-state index in [-0.39, 0.29) is 17.0 Å². The molecule has 1 saturated heterocycles. The highest BCUT2D eigenvalue weighted by molar-refractivity contribution is 6.30. The van der Waals surface area contributed by atoms with Gasteiger partial charge in [0.1, 0.15) is 0 Å². The molecular weight excluding hydrogens is 488 g/mol. The number of likely N-dealkylation sites (tertiary alicyclic amines) is 1. The SMILES string of the molecule is CC(c1ccccc1)c1ccc2c(c1)C(=O)N(OC(=O)N1CCC(CCc3ccc(Cl)cc3)CC1)C2=O. The van der Waals surface area contributed by atoms with Gasteiger partial charge in [0, 0.05) is 24.0 Å². The molecule has 0 aliphatic carbocycles. The molecule has 3 aromatic rings. The molecule has 3 aromatic carbocycles. The first-order valence-corrected chi connectivity index (χ1v) is 13.1. The molecule has 2 aliphatic heterocycles. The topological polar surface area (TPSA) is 66.9 Å². The van der Waals surface area contributed by atoms with Gasteiger partial charge in [-0.25, -0.2) is 4.79 Å². The fourth-order valence-corrected chi connectivity index (χ4v) is 5.21. The van der Waals surface area contributed by atoms with E-state index in [1.807, 2.05) is 60.7 Å². The Bertz CT molecular complexity index is 1300. The largest absolute Gasteiger partial charge is 0.434 e. The molecule has 0 N–H and O–H groups in total. The van der Waals surface area contributed by atoms with Crippen molar-refractivity contribution < 1.29 is 19.2 Å². The highest BCUT2D eigenvalue weighted by atomic mass is 35.5. The number of hydroxylamine groups is 2. The van der Waals surface area contributed by atoms with Gasteiger partial charge in [-0.2, -0.15) is 0 Å². The van der Waals surface area contributed by atoms with Crippen LogP contribution in [0.1, 0.15) is 69.5 Å². The van der Waals surface area contributed by atoms with Crippen molar-refractivity contribution in [2.45, 2.75) is 38.5 Å². The lowest BCUT2D eigenvalue weighted by Crippen LogP contribution is -2.43. The lowest BCUT2D eigenvalue weighted by Gasteiger charge is -2.31. The van der Waals surface area contributed by atoms with Crippen molar-refractivity contribution in [3.63, 3.8) is 0 Å². The van der Waals surface area contributed by atoms with E-state index in [4.69, 9.17) is 16.4 Å². The number of benzene rings is 3. The van der Waals surface area contributed by atoms with E-state index in [9.17, 15) is 14.4 Å². The maximum atomic E-state index is 13.0. The predicted molar refractivity (Wildman–Crippen MR) is 141 cm³/mol. The Morgan fingerprint density at radius 3 is 2.30 bits per heavy atom. The molecule has 1 fully saturated rings. The van der Waals surface area contributed by atoms with Gasteiger partial charge in [-0.05, 0) is 72.6 Å². The van der Waals surface area contributed by atoms with Crippen LogP contribution in [0.4, 0.5) is 4.79 Å². The first-order valence-electron chi connectivity index (χ1n) is 12.7. The van der Waals surface area contributed by atoms with E-state index in [0.717, 1.165) is 41.8 Å². The monoisotopic (exact) mass is 516 g/mol. The number of fused-ring (bicyclic) bond motifs is 1. The number of nitrogens with zero attached hydrogens (tertiary/aromatic N) is 2. The Labute approximate surface area is 221 Å². The number of carbonyl (C=O) groups excluding carboxylic acids is 3. The van der Waals surface area contributed by atoms with Crippen LogP contribution in [0.3, 0.4) is 0 Å². The molecular formula is C30H29ClN2O4. The molecule has 1 unspecified atom stereocenters. The summed E-state index contributed by atoms with van der Waals surface area (Å²) in [5.41, 5.74) is 3.79. The normalized spacial score (nSPS) is 16.6. The quantitative estimate of drug-likeness (QED) is 0.351. The molecule has 0 bridgehead atoms. The van der Waals surface area contributed by atoms with Gasteiger partial charge in [0.05, 0.1) is 11.1 Å². The highest BCUT2D eigenvalue weighted by Crippen LogP contribution is 2.31. The second kappa shape index (κ2) is 10.8. The molecule has 2 aliphatic rings. The van der Waals surface area contributed by atoms with Crippen LogP contribution in [0.5, 0.6) is 0 Å². The van der Waals surface area contributed by atoms with Gasteiger partial charge < -0.3 is 9.74 Å². The molecule has 7 heteroatoms. The summed E-state index contributed by atoms with van der Waals surface area (Å²) in [6.45, 7) is 3.12. The molecule has 0 spiro atoms. The van der Waals surface area contributed by atoms with Gasteiger partial charge in [-0.1, -0.05) is 72.1 Å². The zero-order valence-corrected chi connectivity index (χ0v) is 21.5. The van der Waals surface area contributed by atoms with Gasteiger partial charge in [0.15, 0.2) is 0 Å². The molecule has 6 nitrogen and oxygen atoms in total. The fraction of sp³-hybridized carbons (Fsp3) is 0.300. The van der Waals surface area contributed by atoms with Gasteiger partial charge in [0.2, 0.25) is 0 Å². The van der Waals surface area contributed by atoms with Gasteiger partial charge in [0.25, 0.3) is 11.8 Å². The van der Waals surface area contributed by atoms with Crippen LogP contribution in [0.25, 0.3) is 0 Å². The van der Waals surface area contributed by atoms with Crippen LogP contribution in [-0.4, -0.2) is 41.0 Å². The number of hydrogen-bond donors (Lipinski definition) is 0. The molecule has 0 saturated carbocycles. The van der Waals surface area contributed by atoms with Gasteiger partial charge in [-0.15, -0.1) is 0 Å². The molecule has 5 rings (SSSR count). The van der Waals surface area contributed by atoms with Crippen LogP contribution >= 0.6 is 11.6 Å². The maximum Gasteiger partial charge on any atom is 0.434 e. The van der Waals surface area contributed by atoms with Crippen molar-refractivity contribution in [1.29, 1.82) is 0 Å². The molecule has 0 radical (unpaired) electrons. The third kappa shape index (κ3) is 5.39. The van der Waals surface area contributed by atoms with E-state index in [2.05, 4.69) is 6.92 Å². The highest BCUT2D eigenvalue weighted by Gasteiger charge is 2.40. The summed E-state index contributed by atoms with van der Waals surface area (Å²) in [5, 5.41) is 1.34. The summed E-state index contributed by atoms with van der Waals surface area (Å²) < 4.78 is 0.